The van der Waals surface area contributed by atoms with E-state index in [1.807, 2.05) is 30.3 Å². The predicted molar refractivity (Wildman–Crippen MR) is 134 cm³/mol. The van der Waals surface area contributed by atoms with Gasteiger partial charge in [0.25, 0.3) is 5.56 Å². The van der Waals surface area contributed by atoms with Crippen LogP contribution in [0.4, 0.5) is 10.1 Å². The number of halogens is 1. The van der Waals surface area contributed by atoms with Crippen molar-refractivity contribution in [2.24, 2.45) is 0 Å². The molecule has 1 aliphatic heterocycles. The van der Waals surface area contributed by atoms with Gasteiger partial charge >= 0.3 is 5.97 Å². The van der Waals surface area contributed by atoms with Crippen LogP contribution in [0.15, 0.2) is 83.7 Å². The van der Waals surface area contributed by atoms with Crippen LogP contribution in [0.1, 0.15) is 29.0 Å². The van der Waals surface area contributed by atoms with Crippen LogP contribution in [0.5, 0.6) is 0 Å². The molecule has 3 heterocycles. The molecule has 1 aliphatic rings. The molecule has 38 heavy (non-hydrogen) atoms. The minimum Gasteiger partial charge on any atom is -0.491 e. The van der Waals surface area contributed by atoms with E-state index in [1.165, 1.54) is 36.6 Å². The van der Waals surface area contributed by atoms with Crippen LogP contribution >= 0.6 is 0 Å². The van der Waals surface area contributed by atoms with E-state index < -0.39 is 23.4 Å². The average molecular weight is 519 g/mol. The van der Waals surface area contributed by atoms with E-state index in [4.69, 9.17) is 9.47 Å². The lowest BCUT2D eigenvalue weighted by Gasteiger charge is -2.32. The number of benzene rings is 2. The quantitative estimate of drug-likeness (QED) is 0.358. The van der Waals surface area contributed by atoms with Gasteiger partial charge in [-0.25, -0.2) is 24.0 Å². The number of H-pyrrole nitrogens is 1. The normalized spacial score (nSPS) is 15.3. The number of rotatable bonds is 7. The monoisotopic (exact) mass is 518 g/mol. The molecule has 0 amide bonds. The Bertz CT molecular complexity index is 1590. The smallest absolute Gasteiger partial charge is 0.345 e. The van der Waals surface area contributed by atoms with Crippen LogP contribution < -0.4 is 16.0 Å². The molecule has 194 valence electrons. The molecule has 4 aromatic rings. The van der Waals surface area contributed by atoms with Crippen molar-refractivity contribution < 1.29 is 23.5 Å². The van der Waals surface area contributed by atoms with Crippen LogP contribution in [-0.4, -0.2) is 45.0 Å². The second-order valence-electron chi connectivity index (χ2n) is 8.18. The average Bonchev–Trinajstić information content (AvgIpc) is 3.56. The van der Waals surface area contributed by atoms with Crippen molar-refractivity contribution in [3.05, 3.63) is 106 Å². The first-order valence-corrected chi connectivity index (χ1v) is 11.6. The van der Waals surface area contributed by atoms with Gasteiger partial charge in [0, 0.05) is 18.5 Å². The van der Waals surface area contributed by atoms with Crippen molar-refractivity contribution in [2.45, 2.75) is 13.0 Å². The van der Waals surface area contributed by atoms with Gasteiger partial charge in [0.2, 0.25) is 5.78 Å². The van der Waals surface area contributed by atoms with E-state index in [0.717, 1.165) is 16.4 Å². The SMILES string of the molecule is CCOC(=O)c1c[nH]n(-c2ccc(N3C=C(OC)C(=O)C(c4ccnn4-c4ccccc4)N3)c(F)c2)c1=O. The number of esters is 1. The summed E-state index contributed by atoms with van der Waals surface area (Å²) in [5, 5.41) is 8.33. The molecule has 0 saturated heterocycles. The van der Waals surface area contributed by atoms with Gasteiger partial charge in [-0.15, -0.1) is 0 Å². The summed E-state index contributed by atoms with van der Waals surface area (Å²) < 4.78 is 28.2. The largest absolute Gasteiger partial charge is 0.491 e. The number of nitrogens with one attached hydrogen (secondary N) is 2. The highest BCUT2D eigenvalue weighted by Crippen LogP contribution is 2.29. The second kappa shape index (κ2) is 10.2. The zero-order valence-electron chi connectivity index (χ0n) is 20.4. The molecule has 11 nitrogen and oxygen atoms in total. The molecule has 0 spiro atoms. The van der Waals surface area contributed by atoms with Crippen molar-refractivity contribution in [3.8, 4) is 11.4 Å². The third-order valence-corrected chi connectivity index (χ3v) is 5.92. The number of aromatic amines is 1. The highest BCUT2D eigenvalue weighted by atomic mass is 19.1. The number of methoxy groups -OCH3 is 1. The summed E-state index contributed by atoms with van der Waals surface area (Å²) in [7, 11) is 1.36. The zero-order valence-corrected chi connectivity index (χ0v) is 20.4. The molecule has 0 bridgehead atoms. The minimum absolute atomic E-state index is 0.0118. The maximum Gasteiger partial charge on any atom is 0.345 e. The molecule has 0 aliphatic carbocycles. The number of hydrazine groups is 1. The Morgan fingerprint density at radius 2 is 1.89 bits per heavy atom. The van der Waals surface area contributed by atoms with Crippen LogP contribution in [0, 0.1) is 5.82 Å². The predicted octanol–water partition coefficient (Wildman–Crippen LogP) is 2.79. The Balaban J connectivity index is 1.48. The molecule has 0 radical (unpaired) electrons. The first-order valence-electron chi connectivity index (χ1n) is 11.6. The Morgan fingerprint density at radius 3 is 2.61 bits per heavy atom. The molecule has 0 saturated carbocycles. The fraction of sp³-hybridized carbons (Fsp3) is 0.154. The van der Waals surface area contributed by atoms with E-state index in [9.17, 15) is 14.4 Å². The number of ether oxygens (including phenoxy) is 2. The number of hydrogen-bond acceptors (Lipinski definition) is 8. The zero-order chi connectivity index (χ0) is 26.8. The summed E-state index contributed by atoms with van der Waals surface area (Å²) in [4.78, 5) is 37.8. The molecule has 2 aromatic heterocycles. The summed E-state index contributed by atoms with van der Waals surface area (Å²) in [5.41, 5.74) is 3.66. The number of Topliss-reactive ketones (excluding diaryl/α,β-unsaturated/α-hetero) is 1. The molecular weight excluding hydrogens is 495 g/mol. The molecule has 0 fully saturated rings. The molecule has 1 atom stereocenters. The van der Waals surface area contributed by atoms with Crippen molar-refractivity contribution in [3.63, 3.8) is 0 Å². The highest BCUT2D eigenvalue weighted by Gasteiger charge is 2.34. The van der Waals surface area contributed by atoms with Crippen LogP contribution in [0.25, 0.3) is 11.4 Å². The molecule has 12 heteroatoms. The van der Waals surface area contributed by atoms with Crippen molar-refractivity contribution >= 4 is 17.4 Å². The first kappa shape index (κ1) is 24.7. The molecular formula is C26H23FN6O5. The topological polar surface area (TPSA) is 123 Å². The first-order chi connectivity index (χ1) is 18.4. The lowest BCUT2D eigenvalue weighted by molar-refractivity contribution is -0.121. The number of carbonyl (C=O) groups is 2. The number of ketones is 1. The van der Waals surface area contributed by atoms with Crippen molar-refractivity contribution in [1.82, 2.24) is 25.0 Å². The maximum atomic E-state index is 15.4. The lowest BCUT2D eigenvalue weighted by atomic mass is 10.1. The van der Waals surface area contributed by atoms with Crippen molar-refractivity contribution in [1.29, 1.82) is 0 Å². The van der Waals surface area contributed by atoms with Gasteiger partial charge in [-0.2, -0.15) is 5.10 Å². The van der Waals surface area contributed by atoms with E-state index in [1.54, 1.807) is 23.9 Å². The van der Waals surface area contributed by atoms with Gasteiger partial charge in [-0.05, 0) is 37.3 Å². The number of carbonyl (C=O) groups excluding carboxylic acids is 2. The third-order valence-electron chi connectivity index (χ3n) is 5.92. The van der Waals surface area contributed by atoms with Crippen LogP contribution in [0.3, 0.4) is 0 Å². The Morgan fingerprint density at radius 1 is 1.11 bits per heavy atom. The Labute approximate surface area is 215 Å². The number of anilines is 1. The van der Waals surface area contributed by atoms with E-state index in [0.29, 0.717) is 5.69 Å². The number of hydrogen-bond donors (Lipinski definition) is 2. The van der Waals surface area contributed by atoms with E-state index >= 15 is 4.39 Å². The molecule has 2 N–H and O–H groups in total. The standard InChI is InChI=1S/C26H23FN6O5/c1-3-38-26(36)18-14-29-33(25(18)35)17-9-10-20(19(27)13-17)31-15-22(37-2)24(34)23(30-31)21-11-12-28-32(21)16-7-5-4-6-8-16/h4-15,23,29-30H,3H2,1-2H3. The van der Waals surface area contributed by atoms with Gasteiger partial charge < -0.3 is 9.47 Å². The maximum absolute atomic E-state index is 15.4. The van der Waals surface area contributed by atoms with Crippen LogP contribution in [-0.2, 0) is 14.3 Å². The van der Waals surface area contributed by atoms with Crippen LogP contribution in [0.2, 0.25) is 0 Å². The summed E-state index contributed by atoms with van der Waals surface area (Å²) in [6.45, 7) is 1.74. The molecule has 5 rings (SSSR count). The minimum atomic E-state index is -0.935. The summed E-state index contributed by atoms with van der Waals surface area (Å²) in [6, 6.07) is 14.1. The molecule has 1 unspecified atom stereocenters. The Kier molecular flexibility index (Phi) is 6.62. The van der Waals surface area contributed by atoms with E-state index in [2.05, 4.69) is 15.6 Å². The fourth-order valence-electron chi connectivity index (χ4n) is 4.12. The third kappa shape index (κ3) is 4.37. The summed E-state index contributed by atoms with van der Waals surface area (Å²) in [5.74, 6) is -1.82. The summed E-state index contributed by atoms with van der Waals surface area (Å²) >= 11 is 0. The van der Waals surface area contributed by atoms with Gasteiger partial charge in [0.15, 0.2) is 5.76 Å². The lowest BCUT2D eigenvalue weighted by Crippen LogP contribution is -2.46. The van der Waals surface area contributed by atoms with Gasteiger partial charge in [0.05, 0.1) is 42.7 Å². The van der Waals surface area contributed by atoms with Gasteiger partial charge in [0.1, 0.15) is 17.4 Å². The number of para-hydroxylation sites is 1. The fourth-order valence-corrected chi connectivity index (χ4v) is 4.12. The van der Waals surface area contributed by atoms with E-state index in [-0.39, 0.29) is 35.1 Å². The number of aromatic nitrogens is 4. The molecule has 2 aromatic carbocycles. The highest BCUT2D eigenvalue weighted by molar-refractivity contribution is 5.99. The van der Waals surface area contributed by atoms with Gasteiger partial charge in [-0.1, -0.05) is 18.2 Å². The Hall–Kier alpha value is -4.97. The van der Waals surface area contributed by atoms with Gasteiger partial charge in [-0.3, -0.25) is 19.7 Å². The summed E-state index contributed by atoms with van der Waals surface area (Å²) in [6.07, 6.45) is 4.12. The number of nitrogens with zero attached hydrogens (tertiary/aromatic N) is 4. The second-order valence-corrected chi connectivity index (χ2v) is 8.18. The van der Waals surface area contributed by atoms with Crippen molar-refractivity contribution in [2.75, 3.05) is 18.7 Å².